The summed E-state index contributed by atoms with van der Waals surface area (Å²) >= 11 is 0. The van der Waals surface area contributed by atoms with Gasteiger partial charge < -0.3 is 4.74 Å². The fourth-order valence-electron chi connectivity index (χ4n) is 2.10. The second-order valence-electron chi connectivity index (χ2n) is 4.74. The maximum absolute atomic E-state index is 12.1. The quantitative estimate of drug-likeness (QED) is 0.798. The van der Waals surface area contributed by atoms with Gasteiger partial charge in [-0.3, -0.25) is 14.2 Å². The zero-order valence-corrected chi connectivity index (χ0v) is 10.8. The Bertz CT molecular complexity index is 501. The molecule has 0 unspecified atom stereocenters. The van der Waals surface area contributed by atoms with E-state index in [9.17, 15) is 9.59 Å². The first-order chi connectivity index (χ1) is 8.59. The Morgan fingerprint density at radius 2 is 2.11 bits per heavy atom. The number of aryl methyl sites for hydroxylation is 1. The topological polar surface area (TPSA) is 61.2 Å². The average molecular weight is 250 g/mol. The fraction of sp³-hybridized carbons (Fsp3) is 0.615. The third kappa shape index (κ3) is 2.67. The zero-order valence-electron chi connectivity index (χ0n) is 10.8. The molecule has 0 aromatic carbocycles. The number of rotatable bonds is 3. The van der Waals surface area contributed by atoms with E-state index in [0.29, 0.717) is 18.8 Å². The maximum Gasteiger partial charge on any atom is 0.256 e. The summed E-state index contributed by atoms with van der Waals surface area (Å²) in [4.78, 5) is 28.2. The van der Waals surface area contributed by atoms with Crippen molar-refractivity contribution in [3.63, 3.8) is 0 Å². The van der Waals surface area contributed by atoms with E-state index in [1.807, 2.05) is 0 Å². The van der Waals surface area contributed by atoms with Gasteiger partial charge in [-0.05, 0) is 26.7 Å². The molecule has 0 amide bonds. The smallest absolute Gasteiger partial charge is 0.256 e. The van der Waals surface area contributed by atoms with Crippen LogP contribution < -0.4 is 5.56 Å². The van der Waals surface area contributed by atoms with Gasteiger partial charge in [0.25, 0.3) is 5.56 Å². The number of carbonyl (C=O) groups excluding carboxylic acids is 1. The number of aromatic nitrogens is 2. The molecule has 0 saturated carbocycles. The molecular weight excluding hydrogens is 232 g/mol. The molecule has 98 valence electrons. The number of ketones is 1. The molecule has 5 nitrogen and oxygen atoms in total. The van der Waals surface area contributed by atoms with Crippen molar-refractivity contribution < 1.29 is 9.53 Å². The molecule has 1 saturated heterocycles. The fourth-order valence-corrected chi connectivity index (χ4v) is 2.10. The zero-order chi connectivity index (χ0) is 13.1. The van der Waals surface area contributed by atoms with Crippen molar-refractivity contribution in [2.45, 2.75) is 33.2 Å². The van der Waals surface area contributed by atoms with E-state index >= 15 is 0 Å². The molecule has 0 aliphatic carbocycles. The molecular formula is C13H18N2O3. The summed E-state index contributed by atoms with van der Waals surface area (Å²) in [5.41, 5.74) is 1.20. The first-order valence-corrected chi connectivity index (χ1v) is 6.22. The second-order valence-corrected chi connectivity index (χ2v) is 4.74. The summed E-state index contributed by atoms with van der Waals surface area (Å²) in [7, 11) is 0. The van der Waals surface area contributed by atoms with E-state index < -0.39 is 0 Å². The Labute approximate surface area is 106 Å². The van der Waals surface area contributed by atoms with Gasteiger partial charge in [0.05, 0.1) is 12.9 Å². The van der Waals surface area contributed by atoms with Crippen molar-refractivity contribution in [2.75, 3.05) is 13.2 Å². The number of ether oxygens (including phenoxy) is 1. The summed E-state index contributed by atoms with van der Waals surface area (Å²) < 4.78 is 6.63. The monoisotopic (exact) mass is 250 g/mol. The van der Waals surface area contributed by atoms with Crippen LogP contribution in [0.25, 0.3) is 0 Å². The summed E-state index contributed by atoms with van der Waals surface area (Å²) in [6.45, 7) is 4.92. The third-order valence-corrected chi connectivity index (χ3v) is 3.52. The predicted molar refractivity (Wildman–Crippen MR) is 66.5 cm³/mol. The van der Waals surface area contributed by atoms with Gasteiger partial charge in [0.15, 0.2) is 5.78 Å². The first kappa shape index (κ1) is 13.0. The van der Waals surface area contributed by atoms with E-state index in [1.54, 1.807) is 13.8 Å². The van der Waals surface area contributed by atoms with Crippen LogP contribution in [-0.2, 0) is 16.1 Å². The molecule has 18 heavy (non-hydrogen) atoms. The minimum Gasteiger partial charge on any atom is -0.381 e. The lowest BCUT2D eigenvalue weighted by Gasteiger charge is -2.21. The molecule has 0 spiro atoms. The lowest BCUT2D eigenvalue weighted by atomic mass is 9.95. The Balaban J connectivity index is 2.12. The molecule has 1 aromatic rings. The lowest BCUT2D eigenvalue weighted by Crippen LogP contribution is -2.32. The van der Waals surface area contributed by atoms with E-state index in [-0.39, 0.29) is 23.8 Å². The van der Waals surface area contributed by atoms with Gasteiger partial charge in [0, 0.05) is 30.4 Å². The Morgan fingerprint density at radius 1 is 1.44 bits per heavy atom. The van der Waals surface area contributed by atoms with Crippen LogP contribution in [0.3, 0.4) is 0 Å². The number of hydrogen-bond donors (Lipinski definition) is 0. The molecule has 0 bridgehead atoms. The van der Waals surface area contributed by atoms with E-state index in [4.69, 9.17) is 4.74 Å². The van der Waals surface area contributed by atoms with Crippen molar-refractivity contribution in [3.05, 3.63) is 27.9 Å². The van der Waals surface area contributed by atoms with Gasteiger partial charge in [-0.2, -0.15) is 0 Å². The minimum absolute atomic E-state index is 0.0206. The molecule has 0 radical (unpaired) electrons. The van der Waals surface area contributed by atoms with Crippen LogP contribution >= 0.6 is 0 Å². The van der Waals surface area contributed by atoms with Crippen molar-refractivity contribution in [1.29, 1.82) is 0 Å². The van der Waals surface area contributed by atoms with Gasteiger partial charge in [-0.15, -0.1) is 0 Å². The molecule has 2 heterocycles. The second kappa shape index (κ2) is 5.44. The molecule has 1 aliphatic heterocycles. The van der Waals surface area contributed by atoms with Crippen LogP contribution in [0.1, 0.15) is 24.1 Å². The highest BCUT2D eigenvalue weighted by molar-refractivity contribution is 5.80. The predicted octanol–water partition coefficient (Wildman–Crippen LogP) is 0.856. The van der Waals surface area contributed by atoms with Crippen LogP contribution in [0.15, 0.2) is 11.1 Å². The van der Waals surface area contributed by atoms with Crippen molar-refractivity contribution >= 4 is 5.78 Å². The van der Waals surface area contributed by atoms with Crippen molar-refractivity contribution in [3.8, 4) is 0 Å². The highest BCUT2D eigenvalue weighted by Crippen LogP contribution is 2.16. The maximum atomic E-state index is 12.1. The van der Waals surface area contributed by atoms with Crippen LogP contribution in [-0.4, -0.2) is 28.5 Å². The standard InChI is InChI=1S/C13H18N2O3/c1-9-10(2)14-8-15(13(9)17)7-12(16)11-3-5-18-6-4-11/h8,11H,3-7H2,1-2H3. The molecule has 1 fully saturated rings. The Morgan fingerprint density at radius 3 is 2.78 bits per heavy atom. The van der Waals surface area contributed by atoms with Gasteiger partial charge in [-0.1, -0.05) is 0 Å². The average Bonchev–Trinajstić information content (AvgIpc) is 2.40. The molecule has 1 aliphatic rings. The van der Waals surface area contributed by atoms with Gasteiger partial charge in [0.1, 0.15) is 0 Å². The summed E-state index contributed by atoms with van der Waals surface area (Å²) in [5, 5.41) is 0. The van der Waals surface area contributed by atoms with E-state index in [0.717, 1.165) is 18.5 Å². The SMILES string of the molecule is Cc1ncn(CC(=O)C2CCOCC2)c(=O)c1C. The van der Waals surface area contributed by atoms with E-state index in [1.165, 1.54) is 10.9 Å². The normalized spacial score (nSPS) is 16.8. The Hall–Kier alpha value is -1.49. The highest BCUT2D eigenvalue weighted by atomic mass is 16.5. The van der Waals surface area contributed by atoms with Crippen molar-refractivity contribution in [2.24, 2.45) is 5.92 Å². The highest BCUT2D eigenvalue weighted by Gasteiger charge is 2.22. The summed E-state index contributed by atoms with van der Waals surface area (Å²) in [5.74, 6) is 0.123. The molecule has 0 N–H and O–H groups in total. The van der Waals surface area contributed by atoms with Crippen molar-refractivity contribution in [1.82, 2.24) is 9.55 Å². The minimum atomic E-state index is -0.122. The molecule has 2 rings (SSSR count). The van der Waals surface area contributed by atoms with Crippen LogP contribution in [0.4, 0.5) is 0 Å². The summed E-state index contributed by atoms with van der Waals surface area (Å²) in [6, 6.07) is 0. The summed E-state index contributed by atoms with van der Waals surface area (Å²) in [6.07, 6.45) is 2.97. The van der Waals surface area contributed by atoms with Gasteiger partial charge >= 0.3 is 0 Å². The van der Waals surface area contributed by atoms with E-state index in [2.05, 4.69) is 4.98 Å². The number of hydrogen-bond acceptors (Lipinski definition) is 4. The van der Waals surface area contributed by atoms with Crippen LogP contribution in [0.5, 0.6) is 0 Å². The molecule has 5 heteroatoms. The van der Waals surface area contributed by atoms with Gasteiger partial charge in [0.2, 0.25) is 0 Å². The van der Waals surface area contributed by atoms with Gasteiger partial charge in [-0.25, -0.2) is 4.98 Å². The lowest BCUT2D eigenvalue weighted by molar-refractivity contribution is -0.126. The molecule has 1 aromatic heterocycles. The number of nitrogens with zero attached hydrogens (tertiary/aromatic N) is 2. The third-order valence-electron chi connectivity index (χ3n) is 3.52. The largest absolute Gasteiger partial charge is 0.381 e. The number of carbonyl (C=O) groups is 1. The Kier molecular flexibility index (Phi) is 3.91. The van der Waals surface area contributed by atoms with Crippen LogP contribution in [0.2, 0.25) is 0 Å². The molecule has 0 atom stereocenters. The number of Topliss-reactive ketones (excluding diaryl/α,β-unsaturated/α-hetero) is 1. The van der Waals surface area contributed by atoms with Crippen LogP contribution in [0, 0.1) is 19.8 Å². The first-order valence-electron chi connectivity index (χ1n) is 6.22.